The fraction of sp³-hybridized carbons (Fsp3) is 0.250. The third kappa shape index (κ3) is 10.3. The van der Waals surface area contributed by atoms with E-state index in [0.717, 1.165) is 17.1 Å². The van der Waals surface area contributed by atoms with E-state index in [-0.39, 0.29) is 18.3 Å². The van der Waals surface area contributed by atoms with Gasteiger partial charge in [-0.05, 0) is 30.3 Å². The van der Waals surface area contributed by atoms with Gasteiger partial charge in [0.05, 0.1) is 0 Å². The van der Waals surface area contributed by atoms with E-state index < -0.39 is 7.92 Å². The Hall–Kier alpha value is -2.05. The van der Waals surface area contributed by atoms with Crippen LogP contribution >= 0.6 is 17.6 Å². The Bertz CT molecular complexity index is 1150. The Balaban J connectivity index is 0.000000414. The molecule has 0 bridgehead atoms. The van der Waals surface area contributed by atoms with E-state index in [1.807, 2.05) is 35.5 Å². The Morgan fingerprint density at radius 1 is 0.595 bits per heavy atom. The van der Waals surface area contributed by atoms with Crippen molar-refractivity contribution in [1.82, 2.24) is 9.97 Å². The molecule has 0 radical (unpaired) electrons. The Labute approximate surface area is 240 Å². The Kier molecular flexibility index (Phi) is 13.7. The molecule has 0 aliphatic heterocycles. The van der Waals surface area contributed by atoms with Gasteiger partial charge in [-0.3, -0.25) is 4.98 Å². The molecule has 0 atom stereocenters. The Morgan fingerprint density at radius 2 is 1.00 bits per heavy atom. The summed E-state index contributed by atoms with van der Waals surface area (Å²) in [6.07, 6.45) is 0. The summed E-state index contributed by atoms with van der Waals surface area (Å²) >= 11 is 1.82. The van der Waals surface area contributed by atoms with Crippen molar-refractivity contribution in [1.29, 1.82) is 0 Å². The molecule has 4 aromatic rings. The molecular formula is C32H40ClN2PRu+. The predicted octanol–water partition coefficient (Wildman–Crippen LogP) is 7.57. The van der Waals surface area contributed by atoms with E-state index in [9.17, 15) is 0 Å². The second-order valence-corrected chi connectivity index (χ2v) is 12.9. The summed E-state index contributed by atoms with van der Waals surface area (Å²) in [6.45, 7) is 16.9. The molecule has 0 unspecified atom stereocenters. The van der Waals surface area contributed by atoms with E-state index in [1.165, 1.54) is 16.0 Å². The van der Waals surface area contributed by atoms with E-state index in [4.69, 9.17) is 4.98 Å². The van der Waals surface area contributed by atoms with Gasteiger partial charge < -0.3 is 7.43 Å². The molecular weight excluding hydrogens is 580 g/mol. The molecule has 0 aliphatic rings. The molecule has 2 aromatic heterocycles. The molecule has 0 saturated heterocycles. The van der Waals surface area contributed by atoms with Gasteiger partial charge in [-0.2, -0.15) is 6.07 Å². The summed E-state index contributed by atoms with van der Waals surface area (Å²) in [6, 6.07) is 34.0. The maximum absolute atomic E-state index is 5.04. The van der Waals surface area contributed by atoms with Crippen molar-refractivity contribution >= 4 is 33.7 Å². The molecule has 2 heterocycles. The topological polar surface area (TPSA) is 25.8 Å². The molecule has 2 aromatic carbocycles. The summed E-state index contributed by atoms with van der Waals surface area (Å²) in [4.78, 5) is 9.38. The van der Waals surface area contributed by atoms with Crippen LogP contribution in [0.15, 0.2) is 97.1 Å². The second kappa shape index (κ2) is 15.4. The van der Waals surface area contributed by atoms with Gasteiger partial charge in [0.25, 0.3) is 0 Å². The van der Waals surface area contributed by atoms with Gasteiger partial charge in [-0.15, -0.1) is 11.8 Å². The van der Waals surface area contributed by atoms with Gasteiger partial charge in [0, 0.05) is 28.3 Å². The molecule has 0 saturated carbocycles. The van der Waals surface area contributed by atoms with Crippen LogP contribution in [0.4, 0.5) is 0 Å². The number of rotatable bonds is 3. The first-order valence-electron chi connectivity index (χ1n) is 11.9. The van der Waals surface area contributed by atoms with Crippen LogP contribution < -0.4 is 16.0 Å². The van der Waals surface area contributed by atoms with Crippen LogP contribution in [0, 0.1) is 14.4 Å². The van der Waals surface area contributed by atoms with Crippen molar-refractivity contribution in [3.63, 3.8) is 0 Å². The summed E-state index contributed by atoms with van der Waals surface area (Å²) in [5, 5.41) is 2.75. The zero-order chi connectivity index (χ0) is 26.8. The number of hydrogen-bond donors (Lipinski definition) is 0. The molecule has 0 fully saturated rings. The van der Waals surface area contributed by atoms with Crippen LogP contribution in [-0.2, 0) is 28.1 Å². The van der Waals surface area contributed by atoms with Gasteiger partial charge in [-0.25, -0.2) is 11.9 Å². The monoisotopic (exact) mass is 620 g/mol. The molecule has 5 heteroatoms. The van der Waals surface area contributed by atoms with Gasteiger partial charge in [0.15, 0.2) is 5.44 Å². The zero-order valence-electron chi connectivity index (χ0n) is 23.1. The SMILES string of the molecule is CC(C)(C)c1cccc([PH+](c2ccccc2)c2ccccc2)n1.[CH2-]c1cccc(C(C)(C)C)n1.[CH3-].[Cl][Ru+2]. The third-order valence-corrected chi connectivity index (χ3v) is 8.09. The number of hydrogen-bond acceptors (Lipinski definition) is 2. The van der Waals surface area contributed by atoms with E-state index >= 15 is 0 Å². The Morgan fingerprint density at radius 3 is 1.38 bits per heavy atom. The van der Waals surface area contributed by atoms with Crippen molar-refractivity contribution in [2.24, 2.45) is 0 Å². The number of aromatic nitrogens is 2. The van der Waals surface area contributed by atoms with Crippen molar-refractivity contribution in [2.75, 3.05) is 0 Å². The van der Waals surface area contributed by atoms with E-state index in [0.29, 0.717) is 0 Å². The average Bonchev–Trinajstić information content (AvgIpc) is 2.86. The number of pyridine rings is 2. The first-order valence-corrected chi connectivity index (χ1v) is 15.7. The third-order valence-electron chi connectivity index (χ3n) is 5.47. The van der Waals surface area contributed by atoms with Crippen LogP contribution in [-0.4, -0.2) is 9.97 Å². The molecule has 0 aliphatic carbocycles. The number of nitrogens with zero attached hydrogens (tertiary/aromatic N) is 2. The molecule has 0 N–H and O–H groups in total. The minimum absolute atomic E-state index is 0. The number of benzene rings is 2. The van der Waals surface area contributed by atoms with Crippen LogP contribution in [0.1, 0.15) is 58.6 Å². The molecule has 4 rings (SSSR count). The molecule has 0 amide bonds. The van der Waals surface area contributed by atoms with Crippen molar-refractivity contribution < 1.29 is 17.3 Å². The summed E-state index contributed by atoms with van der Waals surface area (Å²) < 4.78 is 0. The minimum atomic E-state index is -1.07. The molecule has 0 spiro atoms. The second-order valence-electron chi connectivity index (χ2n) is 10.5. The quantitative estimate of drug-likeness (QED) is 0.134. The van der Waals surface area contributed by atoms with Gasteiger partial charge >= 0.3 is 27.0 Å². The zero-order valence-corrected chi connectivity index (χ0v) is 26.6. The summed E-state index contributed by atoms with van der Waals surface area (Å²) in [5.41, 5.74) is 4.51. The van der Waals surface area contributed by atoms with Crippen molar-refractivity contribution in [2.45, 2.75) is 52.4 Å². The fourth-order valence-electron chi connectivity index (χ4n) is 3.56. The average molecular weight is 620 g/mol. The first-order chi connectivity index (χ1) is 17.1. The van der Waals surface area contributed by atoms with Gasteiger partial charge in [0.1, 0.15) is 18.5 Å². The van der Waals surface area contributed by atoms with Crippen LogP contribution in [0.3, 0.4) is 0 Å². The van der Waals surface area contributed by atoms with E-state index in [2.05, 4.69) is 142 Å². The summed E-state index contributed by atoms with van der Waals surface area (Å²) in [5.74, 6) is 0. The molecule has 2 nitrogen and oxygen atoms in total. The van der Waals surface area contributed by atoms with Crippen LogP contribution in [0.5, 0.6) is 0 Å². The van der Waals surface area contributed by atoms with Crippen LogP contribution in [0.25, 0.3) is 0 Å². The number of halogens is 1. The fourth-order valence-corrected chi connectivity index (χ4v) is 6.03. The normalized spacial score (nSPS) is 10.8. The van der Waals surface area contributed by atoms with Crippen molar-refractivity contribution in [3.05, 3.63) is 128 Å². The van der Waals surface area contributed by atoms with Crippen LogP contribution in [0.2, 0.25) is 0 Å². The first kappa shape index (κ1) is 33.0. The maximum atomic E-state index is 5.04. The van der Waals surface area contributed by atoms with Gasteiger partial charge in [-0.1, -0.05) is 90.1 Å². The standard InChI is InChI=1S/C21H22NP.C10H14N.CH3.ClH.Ru/c1-21(2,3)19-15-10-16-20(22-19)23(17-11-6-4-7-12-17)18-13-8-5-9-14-18;1-8-6-5-7-9(11-8)10(2,3)4;;;/h4-16H,1-3H3;5-7H,1H2,2-4H3;1H3;1H;/q;2*-1;;+3. The van der Waals surface area contributed by atoms with E-state index in [1.54, 1.807) is 0 Å². The van der Waals surface area contributed by atoms with Gasteiger partial charge in [0.2, 0.25) is 0 Å². The van der Waals surface area contributed by atoms with Crippen molar-refractivity contribution in [3.8, 4) is 0 Å². The predicted molar refractivity (Wildman–Crippen MR) is 163 cm³/mol. The molecule has 37 heavy (non-hydrogen) atoms. The molecule has 197 valence electrons. The summed E-state index contributed by atoms with van der Waals surface area (Å²) in [7, 11) is 3.50.